The topological polar surface area (TPSA) is 89.0 Å². The number of halogens is 1. The van der Waals surface area contributed by atoms with Gasteiger partial charge in [-0.25, -0.2) is 9.79 Å². The third-order valence-electron chi connectivity index (χ3n) is 4.23. The van der Waals surface area contributed by atoms with Crippen LogP contribution in [-0.2, 0) is 14.3 Å². The zero-order valence-electron chi connectivity index (χ0n) is 16.7. The summed E-state index contributed by atoms with van der Waals surface area (Å²) < 4.78 is 10.7. The number of nitrogens with one attached hydrogen (secondary N) is 2. The van der Waals surface area contributed by atoms with Gasteiger partial charge in [-0.1, -0.05) is 30.7 Å². The fourth-order valence-electron chi connectivity index (χ4n) is 2.85. The molecule has 0 fully saturated rings. The maximum absolute atomic E-state index is 12.7. The van der Waals surface area contributed by atoms with E-state index in [1.54, 1.807) is 37.3 Å². The second-order valence-corrected chi connectivity index (χ2v) is 6.76. The Morgan fingerprint density at radius 3 is 2.53 bits per heavy atom. The number of rotatable bonds is 6. The van der Waals surface area contributed by atoms with Crippen LogP contribution in [0.15, 0.2) is 64.8 Å². The minimum absolute atomic E-state index is 0.118. The number of nitrogens with zero attached hydrogens (tertiary/aromatic N) is 1. The molecule has 2 aromatic rings. The molecule has 0 aromatic heterocycles. The number of amides is 1. The van der Waals surface area contributed by atoms with E-state index < -0.39 is 11.9 Å². The molecule has 0 radical (unpaired) electrons. The van der Waals surface area contributed by atoms with Crippen LogP contribution in [0.3, 0.4) is 0 Å². The van der Waals surface area contributed by atoms with Crippen molar-refractivity contribution < 1.29 is 19.1 Å². The zero-order chi connectivity index (χ0) is 21.5. The highest BCUT2D eigenvalue weighted by Gasteiger charge is 2.27. The van der Waals surface area contributed by atoms with Gasteiger partial charge in [0, 0.05) is 10.7 Å². The lowest BCUT2D eigenvalue weighted by molar-refractivity contribution is -0.137. The first-order chi connectivity index (χ1) is 14.5. The lowest BCUT2D eigenvalue weighted by atomic mass is 10.1. The number of esters is 1. The molecule has 0 aliphatic carbocycles. The van der Waals surface area contributed by atoms with Crippen LogP contribution >= 0.6 is 11.6 Å². The Balaban J connectivity index is 1.87. The van der Waals surface area contributed by atoms with E-state index >= 15 is 0 Å². The number of hydrogen-bond donors (Lipinski definition) is 2. The van der Waals surface area contributed by atoms with Gasteiger partial charge in [-0.05, 0) is 49.7 Å². The molecule has 8 heteroatoms. The Morgan fingerprint density at radius 2 is 1.83 bits per heavy atom. The number of anilines is 1. The lowest BCUT2D eigenvalue weighted by Gasteiger charge is -2.15. The maximum atomic E-state index is 12.7. The van der Waals surface area contributed by atoms with E-state index in [9.17, 15) is 9.59 Å². The van der Waals surface area contributed by atoms with E-state index in [0.717, 1.165) is 5.69 Å². The molecule has 1 aliphatic heterocycles. The van der Waals surface area contributed by atoms with Gasteiger partial charge in [0.25, 0.3) is 5.91 Å². The third-order valence-corrected chi connectivity index (χ3v) is 4.49. The van der Waals surface area contributed by atoms with Crippen molar-refractivity contribution in [2.45, 2.75) is 20.3 Å². The Kier molecular flexibility index (Phi) is 7.08. The first-order valence-electron chi connectivity index (χ1n) is 9.55. The second-order valence-electron chi connectivity index (χ2n) is 6.32. The summed E-state index contributed by atoms with van der Waals surface area (Å²) in [6, 6.07) is 14.0. The molecule has 0 spiro atoms. The summed E-state index contributed by atoms with van der Waals surface area (Å²) in [7, 11) is 0. The number of carbonyl (C=O) groups is 2. The molecule has 156 valence electrons. The average Bonchev–Trinajstić information content (AvgIpc) is 2.89. The molecular formula is C22H22ClN3O4. The Hall–Kier alpha value is -3.32. The van der Waals surface area contributed by atoms with Gasteiger partial charge in [-0.2, -0.15) is 0 Å². The summed E-state index contributed by atoms with van der Waals surface area (Å²) in [6.07, 6.45) is 0.513. The van der Waals surface area contributed by atoms with E-state index in [-0.39, 0.29) is 24.6 Å². The molecule has 0 saturated carbocycles. The van der Waals surface area contributed by atoms with Crippen LogP contribution in [0.25, 0.3) is 0 Å². The number of para-hydroxylation sites is 2. The highest BCUT2D eigenvalue weighted by atomic mass is 35.5. The summed E-state index contributed by atoms with van der Waals surface area (Å²) >= 11 is 5.85. The minimum Gasteiger partial charge on any atom is -0.484 e. The van der Waals surface area contributed by atoms with Gasteiger partial charge in [-0.3, -0.25) is 4.79 Å². The molecule has 0 atom stereocenters. The largest absolute Gasteiger partial charge is 0.484 e. The molecule has 1 amide bonds. The Morgan fingerprint density at radius 1 is 1.10 bits per heavy atom. The van der Waals surface area contributed by atoms with Crippen molar-refractivity contribution in [3.8, 4) is 5.75 Å². The van der Waals surface area contributed by atoms with Gasteiger partial charge in [0.2, 0.25) is 0 Å². The number of amidine groups is 1. The van der Waals surface area contributed by atoms with Crippen LogP contribution in [0.2, 0.25) is 5.02 Å². The van der Waals surface area contributed by atoms with Crippen LogP contribution < -0.4 is 15.4 Å². The summed E-state index contributed by atoms with van der Waals surface area (Å²) in [5.74, 6) is -0.403. The van der Waals surface area contributed by atoms with Crippen molar-refractivity contribution in [1.29, 1.82) is 0 Å². The number of aliphatic imine (C=N–C) groups is 1. The van der Waals surface area contributed by atoms with Gasteiger partial charge >= 0.3 is 5.97 Å². The first-order valence-corrected chi connectivity index (χ1v) is 9.93. The van der Waals surface area contributed by atoms with Crippen molar-refractivity contribution >= 4 is 40.7 Å². The summed E-state index contributed by atoms with van der Waals surface area (Å²) in [6.45, 7) is 3.57. The van der Waals surface area contributed by atoms with Crippen LogP contribution in [0, 0.1) is 0 Å². The molecule has 1 heterocycles. The molecule has 7 nitrogen and oxygen atoms in total. The summed E-state index contributed by atoms with van der Waals surface area (Å²) in [5, 5.41) is 6.50. The number of hydrogen-bond acceptors (Lipinski definition) is 6. The SMILES string of the molecule is CCOC(=O)C1=C(CC)Nc2ccccc2N=C1NC(=O)COc1ccc(Cl)cc1. The van der Waals surface area contributed by atoms with Crippen molar-refractivity contribution in [3.05, 3.63) is 64.8 Å². The highest BCUT2D eigenvalue weighted by Crippen LogP contribution is 2.31. The molecule has 2 aromatic carbocycles. The Bertz CT molecular complexity index is 1000. The molecule has 0 unspecified atom stereocenters. The van der Waals surface area contributed by atoms with Crippen molar-refractivity contribution in [3.63, 3.8) is 0 Å². The fraction of sp³-hybridized carbons (Fsp3) is 0.227. The zero-order valence-corrected chi connectivity index (χ0v) is 17.5. The third kappa shape index (κ3) is 5.18. The number of ether oxygens (including phenoxy) is 2. The van der Waals surface area contributed by atoms with Crippen molar-refractivity contribution in [2.75, 3.05) is 18.5 Å². The van der Waals surface area contributed by atoms with Crippen LogP contribution in [0.4, 0.5) is 11.4 Å². The predicted molar refractivity (Wildman–Crippen MR) is 116 cm³/mol. The monoisotopic (exact) mass is 427 g/mol. The van der Waals surface area contributed by atoms with Gasteiger partial charge in [0.1, 0.15) is 17.2 Å². The lowest BCUT2D eigenvalue weighted by Crippen LogP contribution is -2.38. The molecule has 2 N–H and O–H groups in total. The molecule has 30 heavy (non-hydrogen) atoms. The molecule has 0 bridgehead atoms. The standard InChI is InChI=1S/C22H22ClN3O4/c1-3-16-20(22(28)29-4-2)21(25-18-8-6-5-7-17(18)24-16)26-19(27)13-30-15-11-9-14(23)10-12-15/h5-12,24H,3-4,13H2,1-2H3,(H,25,26,27). The number of fused-ring (bicyclic) bond motifs is 1. The van der Waals surface area contributed by atoms with Gasteiger partial charge in [0.15, 0.2) is 6.61 Å². The van der Waals surface area contributed by atoms with E-state index in [4.69, 9.17) is 21.1 Å². The van der Waals surface area contributed by atoms with E-state index in [2.05, 4.69) is 15.6 Å². The smallest absolute Gasteiger partial charge is 0.343 e. The fourth-order valence-corrected chi connectivity index (χ4v) is 2.97. The molecular weight excluding hydrogens is 406 g/mol. The number of carbonyl (C=O) groups excluding carboxylic acids is 2. The van der Waals surface area contributed by atoms with E-state index in [0.29, 0.717) is 28.6 Å². The summed E-state index contributed by atoms with van der Waals surface area (Å²) in [5.41, 5.74) is 2.13. The normalized spacial score (nSPS) is 12.8. The van der Waals surface area contributed by atoms with E-state index in [1.165, 1.54) is 0 Å². The average molecular weight is 428 g/mol. The first kappa shape index (κ1) is 21.4. The second kappa shape index (κ2) is 9.93. The van der Waals surface area contributed by atoms with Gasteiger partial charge < -0.3 is 20.1 Å². The molecule has 0 saturated heterocycles. The van der Waals surface area contributed by atoms with Crippen molar-refractivity contribution in [2.24, 2.45) is 4.99 Å². The maximum Gasteiger partial charge on any atom is 0.343 e. The van der Waals surface area contributed by atoms with E-state index in [1.807, 2.05) is 25.1 Å². The quantitative estimate of drug-likeness (QED) is 0.674. The number of benzene rings is 2. The predicted octanol–water partition coefficient (Wildman–Crippen LogP) is 4.22. The number of allylic oxidation sites excluding steroid dienone is 1. The van der Waals surface area contributed by atoms with Crippen LogP contribution in [-0.4, -0.2) is 30.9 Å². The van der Waals surface area contributed by atoms with Crippen molar-refractivity contribution in [1.82, 2.24) is 5.32 Å². The minimum atomic E-state index is -0.563. The van der Waals surface area contributed by atoms with Gasteiger partial charge in [0.05, 0.1) is 18.0 Å². The highest BCUT2D eigenvalue weighted by molar-refractivity contribution is 6.30. The van der Waals surface area contributed by atoms with Gasteiger partial charge in [-0.15, -0.1) is 0 Å². The van der Waals surface area contributed by atoms with Crippen LogP contribution in [0.5, 0.6) is 5.75 Å². The van der Waals surface area contributed by atoms with Crippen LogP contribution in [0.1, 0.15) is 20.3 Å². The Labute approximate surface area is 179 Å². The molecule has 1 aliphatic rings. The summed E-state index contributed by atoms with van der Waals surface area (Å²) in [4.78, 5) is 29.8. The molecule has 3 rings (SSSR count).